The van der Waals surface area contributed by atoms with Crippen molar-refractivity contribution in [1.29, 1.82) is 0 Å². The van der Waals surface area contributed by atoms with Crippen molar-refractivity contribution in [3.63, 3.8) is 0 Å². The highest BCUT2D eigenvalue weighted by Crippen LogP contribution is 2.28. The monoisotopic (exact) mass is 612 g/mol. The van der Waals surface area contributed by atoms with Crippen LogP contribution in [0.15, 0.2) is 53.4 Å². The number of sulfonamides is 1. The Bertz CT molecular complexity index is 1280. The highest BCUT2D eigenvalue weighted by Gasteiger charge is 2.27. The van der Waals surface area contributed by atoms with E-state index in [0.717, 1.165) is 50.5 Å². The van der Waals surface area contributed by atoms with Crippen molar-refractivity contribution in [2.45, 2.75) is 122 Å². The maximum absolute atomic E-state index is 13.3. The molecular formula is C34H52N4O4S. The van der Waals surface area contributed by atoms with Gasteiger partial charge in [0.1, 0.15) is 6.04 Å². The number of rotatable bonds is 13. The van der Waals surface area contributed by atoms with Gasteiger partial charge in [-0.05, 0) is 79.0 Å². The van der Waals surface area contributed by atoms with Gasteiger partial charge in [0.2, 0.25) is 5.91 Å². The molecule has 2 atom stereocenters. The molecule has 1 saturated carbocycles. The number of nitrogens with one attached hydrogen (secondary N) is 4. The van der Waals surface area contributed by atoms with E-state index in [4.69, 9.17) is 0 Å². The van der Waals surface area contributed by atoms with Crippen LogP contribution in [-0.2, 0) is 20.2 Å². The van der Waals surface area contributed by atoms with E-state index in [1.54, 1.807) is 36.4 Å². The lowest BCUT2D eigenvalue weighted by atomic mass is 9.84. The third-order valence-corrected chi connectivity index (χ3v) is 9.55. The average molecular weight is 613 g/mol. The summed E-state index contributed by atoms with van der Waals surface area (Å²) >= 11 is 0. The summed E-state index contributed by atoms with van der Waals surface area (Å²) in [5.41, 5.74) is 1.85. The molecule has 0 radical (unpaired) electrons. The molecule has 238 valence electrons. The summed E-state index contributed by atoms with van der Waals surface area (Å²) in [4.78, 5) is 26.4. The lowest BCUT2D eigenvalue weighted by Crippen LogP contribution is -2.51. The van der Waals surface area contributed by atoms with Gasteiger partial charge in [0, 0.05) is 17.4 Å². The standard InChI is InChI=1S/C34H52N4O4S/c1-24(2)11-10-12-25(3)35-32(39)31(23-26-13-8-7-9-14-26)37-33(40)36-28-17-19-29(20-18-28)38-43(41,42)30-21-15-27(16-22-30)34(4,5)6/h15-22,24-26,31,38H,7-14,23H2,1-6H3,(H,35,39)(H2,36,37,40)/t25?,31-/m1/s1. The molecule has 3 rings (SSSR count). The van der Waals surface area contributed by atoms with Crippen LogP contribution in [0.1, 0.15) is 105 Å². The van der Waals surface area contributed by atoms with Crippen molar-refractivity contribution < 1.29 is 18.0 Å². The molecule has 2 aromatic carbocycles. The molecule has 9 heteroatoms. The third kappa shape index (κ3) is 11.5. The van der Waals surface area contributed by atoms with Crippen LogP contribution in [0.25, 0.3) is 0 Å². The van der Waals surface area contributed by atoms with E-state index in [0.29, 0.717) is 29.6 Å². The maximum atomic E-state index is 13.3. The number of urea groups is 1. The largest absolute Gasteiger partial charge is 0.352 e. The van der Waals surface area contributed by atoms with Crippen molar-refractivity contribution >= 4 is 33.3 Å². The van der Waals surface area contributed by atoms with Crippen molar-refractivity contribution in [3.8, 4) is 0 Å². The molecule has 1 aliphatic carbocycles. The number of carbonyl (C=O) groups excluding carboxylic acids is 2. The zero-order valence-corrected chi connectivity index (χ0v) is 27.6. The quantitative estimate of drug-likeness (QED) is 0.187. The van der Waals surface area contributed by atoms with Gasteiger partial charge >= 0.3 is 6.03 Å². The number of carbonyl (C=O) groups is 2. The Kier molecular flexibility index (Phi) is 12.5. The molecule has 0 heterocycles. The molecule has 0 bridgehead atoms. The fraction of sp³-hybridized carbons (Fsp3) is 0.588. The summed E-state index contributed by atoms with van der Waals surface area (Å²) in [7, 11) is -3.77. The minimum absolute atomic E-state index is 0.0396. The predicted molar refractivity (Wildman–Crippen MR) is 176 cm³/mol. The van der Waals surface area contributed by atoms with Gasteiger partial charge in [-0.2, -0.15) is 0 Å². The third-order valence-electron chi connectivity index (χ3n) is 8.15. The number of anilines is 2. The van der Waals surface area contributed by atoms with Gasteiger partial charge in [-0.1, -0.05) is 91.7 Å². The summed E-state index contributed by atoms with van der Waals surface area (Å²) in [6.07, 6.45) is 9.41. The zero-order chi connectivity index (χ0) is 31.6. The summed E-state index contributed by atoms with van der Waals surface area (Å²) in [6.45, 7) is 12.6. The second-order valence-corrected chi connectivity index (χ2v) is 15.3. The van der Waals surface area contributed by atoms with E-state index in [2.05, 4.69) is 55.3 Å². The Labute approximate surface area is 259 Å². The van der Waals surface area contributed by atoms with E-state index >= 15 is 0 Å². The van der Waals surface area contributed by atoms with Crippen LogP contribution in [0, 0.1) is 11.8 Å². The maximum Gasteiger partial charge on any atom is 0.319 e. The molecule has 1 unspecified atom stereocenters. The summed E-state index contributed by atoms with van der Waals surface area (Å²) in [6, 6.07) is 12.3. The average Bonchev–Trinajstić information content (AvgIpc) is 2.93. The van der Waals surface area contributed by atoms with Gasteiger partial charge in [0.15, 0.2) is 0 Å². The van der Waals surface area contributed by atoms with E-state index < -0.39 is 22.1 Å². The first kappa shape index (κ1) is 34.4. The first-order valence-electron chi connectivity index (χ1n) is 15.8. The molecule has 1 fully saturated rings. The summed E-state index contributed by atoms with van der Waals surface area (Å²) < 4.78 is 28.4. The number of hydrogen-bond donors (Lipinski definition) is 4. The molecule has 0 saturated heterocycles. The molecule has 0 aromatic heterocycles. The minimum atomic E-state index is -3.77. The van der Waals surface area contributed by atoms with E-state index in [1.807, 2.05) is 19.1 Å². The highest BCUT2D eigenvalue weighted by atomic mass is 32.2. The number of hydrogen-bond acceptors (Lipinski definition) is 4. The minimum Gasteiger partial charge on any atom is -0.352 e. The molecule has 4 N–H and O–H groups in total. The van der Waals surface area contributed by atoms with Gasteiger partial charge in [-0.3, -0.25) is 9.52 Å². The van der Waals surface area contributed by atoms with Crippen molar-refractivity contribution in [3.05, 3.63) is 54.1 Å². The van der Waals surface area contributed by atoms with Crippen LogP contribution in [0.4, 0.5) is 16.2 Å². The van der Waals surface area contributed by atoms with Gasteiger partial charge in [0.25, 0.3) is 10.0 Å². The van der Waals surface area contributed by atoms with Crippen LogP contribution in [-0.4, -0.2) is 32.4 Å². The second-order valence-electron chi connectivity index (χ2n) is 13.6. The fourth-order valence-electron chi connectivity index (χ4n) is 5.53. The lowest BCUT2D eigenvalue weighted by molar-refractivity contribution is -0.124. The fourth-order valence-corrected chi connectivity index (χ4v) is 6.59. The molecule has 1 aliphatic rings. The first-order valence-corrected chi connectivity index (χ1v) is 17.3. The second kappa shape index (κ2) is 15.6. The first-order chi connectivity index (χ1) is 20.2. The summed E-state index contributed by atoms with van der Waals surface area (Å²) in [5, 5.41) is 8.83. The van der Waals surface area contributed by atoms with Crippen LogP contribution in [0.2, 0.25) is 0 Å². The van der Waals surface area contributed by atoms with Gasteiger partial charge < -0.3 is 16.0 Å². The van der Waals surface area contributed by atoms with Crippen LogP contribution < -0.4 is 20.7 Å². The lowest BCUT2D eigenvalue weighted by Gasteiger charge is -2.27. The van der Waals surface area contributed by atoms with Gasteiger partial charge in [-0.25, -0.2) is 13.2 Å². The predicted octanol–water partition coefficient (Wildman–Crippen LogP) is 7.58. The number of benzene rings is 2. The Morgan fingerprint density at radius 2 is 1.44 bits per heavy atom. The van der Waals surface area contributed by atoms with Crippen molar-refractivity contribution in [1.82, 2.24) is 10.6 Å². The molecule has 0 aliphatic heterocycles. The SMILES string of the molecule is CC(C)CCCC(C)NC(=O)[C@@H](CC1CCCCC1)NC(=O)Nc1ccc(NS(=O)(=O)c2ccc(C(C)(C)C)cc2)cc1. The van der Waals surface area contributed by atoms with Gasteiger partial charge in [-0.15, -0.1) is 0 Å². The normalized spacial score (nSPS) is 15.9. The Morgan fingerprint density at radius 1 is 0.837 bits per heavy atom. The zero-order valence-electron chi connectivity index (χ0n) is 26.8. The van der Waals surface area contributed by atoms with E-state index in [1.165, 1.54) is 6.42 Å². The van der Waals surface area contributed by atoms with Gasteiger partial charge in [0.05, 0.1) is 4.90 Å². The Morgan fingerprint density at radius 3 is 2.02 bits per heavy atom. The molecule has 2 aromatic rings. The van der Waals surface area contributed by atoms with E-state index in [-0.39, 0.29) is 22.3 Å². The Hall–Kier alpha value is -3.07. The van der Waals surface area contributed by atoms with Crippen molar-refractivity contribution in [2.24, 2.45) is 11.8 Å². The highest BCUT2D eigenvalue weighted by molar-refractivity contribution is 7.92. The molecular weight excluding hydrogens is 560 g/mol. The smallest absolute Gasteiger partial charge is 0.319 e. The molecule has 8 nitrogen and oxygen atoms in total. The van der Waals surface area contributed by atoms with Crippen LogP contribution in [0.5, 0.6) is 0 Å². The molecule has 3 amide bonds. The van der Waals surface area contributed by atoms with Crippen molar-refractivity contribution in [2.75, 3.05) is 10.0 Å². The van der Waals surface area contributed by atoms with Crippen LogP contribution in [0.3, 0.4) is 0 Å². The molecule has 43 heavy (non-hydrogen) atoms. The Balaban J connectivity index is 1.59. The topological polar surface area (TPSA) is 116 Å². The van der Waals surface area contributed by atoms with E-state index in [9.17, 15) is 18.0 Å². The molecule has 0 spiro atoms. The van der Waals surface area contributed by atoms with Crippen LogP contribution >= 0.6 is 0 Å². The number of amides is 3. The summed E-state index contributed by atoms with van der Waals surface area (Å²) in [5.74, 6) is 0.906.